The van der Waals surface area contributed by atoms with Crippen molar-refractivity contribution in [2.45, 2.75) is 45.6 Å². The van der Waals surface area contributed by atoms with Gasteiger partial charge in [-0.1, -0.05) is 54.6 Å². The summed E-state index contributed by atoms with van der Waals surface area (Å²) in [5, 5.41) is 0. The Labute approximate surface area is 207 Å². The van der Waals surface area contributed by atoms with Gasteiger partial charge in [-0.05, 0) is 74.3 Å². The minimum Gasteiger partial charge on any atom is -0.480 e. The van der Waals surface area contributed by atoms with Crippen LogP contribution in [0.1, 0.15) is 37.3 Å². The van der Waals surface area contributed by atoms with Gasteiger partial charge in [-0.3, -0.25) is 4.79 Å². The summed E-state index contributed by atoms with van der Waals surface area (Å²) in [7, 11) is 0. The van der Waals surface area contributed by atoms with Crippen LogP contribution in [0.3, 0.4) is 0 Å². The predicted molar refractivity (Wildman–Crippen MR) is 137 cm³/mol. The smallest absolute Gasteiger partial charge is 0.263 e. The van der Waals surface area contributed by atoms with Crippen molar-refractivity contribution in [3.8, 4) is 28.4 Å². The van der Waals surface area contributed by atoms with E-state index in [0.717, 1.165) is 72.7 Å². The van der Waals surface area contributed by atoms with E-state index in [0.29, 0.717) is 12.7 Å². The Kier molecular flexibility index (Phi) is 6.94. The zero-order chi connectivity index (χ0) is 24.2. The van der Waals surface area contributed by atoms with Crippen LogP contribution in [0.4, 0.5) is 0 Å². The molecule has 1 saturated heterocycles. The number of ether oxygens (including phenoxy) is 3. The summed E-state index contributed by atoms with van der Waals surface area (Å²) in [6.45, 7) is 5.79. The molecule has 2 aliphatic heterocycles. The molecule has 0 aliphatic carbocycles. The first kappa shape index (κ1) is 23.3. The lowest BCUT2D eigenvalue weighted by Gasteiger charge is -2.34. The first-order valence-electron chi connectivity index (χ1n) is 12.6. The summed E-state index contributed by atoms with van der Waals surface area (Å²) in [4.78, 5) is 15.2. The van der Waals surface area contributed by atoms with Crippen molar-refractivity contribution in [1.29, 1.82) is 0 Å². The Morgan fingerprint density at radius 2 is 1.77 bits per heavy atom. The molecule has 5 heteroatoms. The molecule has 1 unspecified atom stereocenters. The van der Waals surface area contributed by atoms with Crippen LogP contribution in [0.25, 0.3) is 11.1 Å². The summed E-state index contributed by atoms with van der Waals surface area (Å²) in [5.74, 6) is 3.17. The molecule has 0 spiro atoms. The number of likely N-dealkylation sites (tertiary alicyclic amines) is 1. The van der Waals surface area contributed by atoms with Crippen molar-refractivity contribution in [3.63, 3.8) is 0 Å². The summed E-state index contributed by atoms with van der Waals surface area (Å²) in [6, 6.07) is 22.5. The van der Waals surface area contributed by atoms with Gasteiger partial charge in [0.25, 0.3) is 5.91 Å². The number of benzene rings is 3. The number of aryl methyl sites for hydroxylation is 2. The Bertz CT molecular complexity index is 1170. The van der Waals surface area contributed by atoms with Crippen molar-refractivity contribution < 1.29 is 19.0 Å². The van der Waals surface area contributed by atoms with E-state index in [2.05, 4.69) is 30.3 Å². The minimum atomic E-state index is -0.524. The van der Waals surface area contributed by atoms with Crippen molar-refractivity contribution in [2.24, 2.45) is 5.92 Å². The lowest BCUT2D eigenvalue weighted by molar-refractivity contribution is -0.139. The van der Waals surface area contributed by atoms with Gasteiger partial charge < -0.3 is 19.1 Å². The highest BCUT2D eigenvalue weighted by Crippen LogP contribution is 2.35. The van der Waals surface area contributed by atoms with Crippen molar-refractivity contribution >= 4 is 5.91 Å². The molecule has 0 radical (unpaired) electrons. The maximum Gasteiger partial charge on any atom is 0.263 e. The van der Waals surface area contributed by atoms with E-state index in [9.17, 15) is 4.79 Å². The van der Waals surface area contributed by atoms with E-state index in [-0.39, 0.29) is 5.91 Å². The molecule has 2 aliphatic rings. The largest absolute Gasteiger partial charge is 0.480 e. The average Bonchev–Trinajstić information content (AvgIpc) is 3.37. The number of rotatable bonds is 7. The van der Waals surface area contributed by atoms with Gasteiger partial charge in [0.15, 0.2) is 17.6 Å². The van der Waals surface area contributed by atoms with Crippen LogP contribution in [0.2, 0.25) is 0 Å². The predicted octanol–water partition coefficient (Wildman–Crippen LogP) is 6.03. The van der Waals surface area contributed by atoms with Gasteiger partial charge in [0.05, 0.1) is 0 Å². The Balaban J connectivity index is 1.15. The molecule has 0 aromatic heterocycles. The number of piperidine rings is 1. The van der Waals surface area contributed by atoms with Crippen molar-refractivity contribution in [1.82, 2.24) is 4.90 Å². The highest BCUT2D eigenvalue weighted by molar-refractivity contribution is 5.82. The monoisotopic (exact) mass is 471 g/mol. The van der Waals surface area contributed by atoms with Gasteiger partial charge in [-0.2, -0.15) is 0 Å². The van der Waals surface area contributed by atoms with Crippen LogP contribution in [0, 0.1) is 12.8 Å². The molecule has 5 rings (SSSR count). The quantitative estimate of drug-likeness (QED) is 0.422. The summed E-state index contributed by atoms with van der Waals surface area (Å²) < 4.78 is 17.2. The lowest BCUT2D eigenvalue weighted by atomic mass is 9.90. The Morgan fingerprint density at radius 1 is 1.00 bits per heavy atom. The topological polar surface area (TPSA) is 48.0 Å². The number of carbonyl (C=O) groups is 1. The molecule has 3 aromatic carbocycles. The third-order valence-corrected chi connectivity index (χ3v) is 7.14. The number of hydrogen-bond donors (Lipinski definition) is 0. The third-order valence-electron chi connectivity index (χ3n) is 7.14. The average molecular weight is 472 g/mol. The van der Waals surface area contributed by atoms with Gasteiger partial charge >= 0.3 is 0 Å². The molecule has 182 valence electrons. The Morgan fingerprint density at radius 3 is 2.57 bits per heavy atom. The van der Waals surface area contributed by atoms with E-state index in [1.165, 1.54) is 5.56 Å². The second-order valence-electron chi connectivity index (χ2n) is 9.57. The standard InChI is InChI=1S/C30H33NO4/c1-21-7-6-10-26(25-8-4-3-5-9-25)29(21)35-22(2)30(32)31-17-15-23(16-18-31)11-12-24-13-14-27-28(19-24)34-20-33-27/h3-10,13-14,19,22-23H,11-12,15-18,20H2,1-2H3. The van der Waals surface area contributed by atoms with Gasteiger partial charge in [-0.15, -0.1) is 0 Å². The van der Waals surface area contributed by atoms with E-state index < -0.39 is 6.10 Å². The molecule has 2 heterocycles. The third kappa shape index (κ3) is 5.29. The molecule has 0 N–H and O–H groups in total. The zero-order valence-electron chi connectivity index (χ0n) is 20.5. The van der Waals surface area contributed by atoms with Crippen LogP contribution in [-0.2, 0) is 11.2 Å². The highest BCUT2D eigenvalue weighted by Gasteiger charge is 2.28. The first-order chi connectivity index (χ1) is 17.1. The van der Waals surface area contributed by atoms with E-state index in [1.807, 2.05) is 55.1 Å². The molecule has 35 heavy (non-hydrogen) atoms. The fourth-order valence-electron chi connectivity index (χ4n) is 5.05. The number of amides is 1. The normalized spacial score (nSPS) is 16.2. The second-order valence-corrected chi connectivity index (χ2v) is 9.57. The van der Waals surface area contributed by atoms with E-state index >= 15 is 0 Å². The van der Waals surface area contributed by atoms with Crippen LogP contribution < -0.4 is 14.2 Å². The molecule has 1 fully saturated rings. The maximum absolute atomic E-state index is 13.2. The lowest BCUT2D eigenvalue weighted by Crippen LogP contribution is -2.44. The van der Waals surface area contributed by atoms with Crippen LogP contribution in [0.5, 0.6) is 17.2 Å². The van der Waals surface area contributed by atoms with Gasteiger partial charge in [0, 0.05) is 18.7 Å². The molecular formula is C30H33NO4. The van der Waals surface area contributed by atoms with Gasteiger partial charge in [-0.25, -0.2) is 0 Å². The van der Waals surface area contributed by atoms with Crippen LogP contribution >= 0.6 is 0 Å². The van der Waals surface area contributed by atoms with Crippen LogP contribution in [0.15, 0.2) is 66.7 Å². The zero-order valence-corrected chi connectivity index (χ0v) is 20.5. The van der Waals surface area contributed by atoms with E-state index in [4.69, 9.17) is 14.2 Å². The molecule has 0 saturated carbocycles. The summed E-state index contributed by atoms with van der Waals surface area (Å²) >= 11 is 0. The van der Waals surface area contributed by atoms with Crippen molar-refractivity contribution in [3.05, 3.63) is 77.9 Å². The molecule has 1 amide bonds. The van der Waals surface area contributed by atoms with Crippen molar-refractivity contribution in [2.75, 3.05) is 19.9 Å². The molecule has 0 bridgehead atoms. The van der Waals surface area contributed by atoms with E-state index in [1.54, 1.807) is 0 Å². The SMILES string of the molecule is Cc1cccc(-c2ccccc2)c1OC(C)C(=O)N1CCC(CCc2ccc3c(c2)OCO3)CC1. The summed E-state index contributed by atoms with van der Waals surface area (Å²) in [6.07, 6.45) is 3.68. The van der Waals surface area contributed by atoms with Gasteiger partial charge in [0.1, 0.15) is 5.75 Å². The first-order valence-corrected chi connectivity index (χ1v) is 12.6. The minimum absolute atomic E-state index is 0.0708. The molecule has 5 nitrogen and oxygen atoms in total. The maximum atomic E-state index is 13.2. The fraction of sp³-hybridized carbons (Fsp3) is 0.367. The number of carbonyl (C=O) groups excluding carboxylic acids is 1. The fourth-order valence-corrected chi connectivity index (χ4v) is 5.05. The number of nitrogens with zero attached hydrogens (tertiary/aromatic N) is 1. The number of fused-ring (bicyclic) bond motifs is 1. The highest BCUT2D eigenvalue weighted by atomic mass is 16.7. The molecular weight excluding hydrogens is 438 g/mol. The summed E-state index contributed by atoms with van der Waals surface area (Å²) in [5.41, 5.74) is 4.43. The number of hydrogen-bond acceptors (Lipinski definition) is 4. The Hall–Kier alpha value is -3.47. The van der Waals surface area contributed by atoms with Gasteiger partial charge in [0.2, 0.25) is 6.79 Å². The molecule has 1 atom stereocenters. The second kappa shape index (κ2) is 10.4. The van der Waals surface area contributed by atoms with Crippen LogP contribution in [-0.4, -0.2) is 36.8 Å². The number of para-hydroxylation sites is 1. The molecule has 3 aromatic rings.